The van der Waals surface area contributed by atoms with Crippen LogP contribution in [0.5, 0.6) is 0 Å². The number of benzene rings is 1. The Hall–Kier alpha value is -1.31. The molecular weight excluding hydrogens is 212 g/mol. The van der Waals surface area contributed by atoms with Crippen molar-refractivity contribution in [1.82, 2.24) is 0 Å². The number of hydrogen-bond donors (Lipinski definition) is 1. The van der Waals surface area contributed by atoms with Crippen molar-refractivity contribution in [3.63, 3.8) is 0 Å². The summed E-state index contributed by atoms with van der Waals surface area (Å²) in [6.45, 7) is 0. The summed E-state index contributed by atoms with van der Waals surface area (Å²) < 4.78 is 0. The number of aryl methyl sites for hydroxylation is 1. The van der Waals surface area contributed by atoms with Crippen LogP contribution in [0.4, 0.5) is 0 Å². The Balaban J connectivity index is 1.68. The molecule has 0 radical (unpaired) electrons. The van der Waals surface area contributed by atoms with Crippen molar-refractivity contribution in [3.8, 4) is 0 Å². The maximum absolute atomic E-state index is 10.8. The molecule has 2 rings (SSSR count). The summed E-state index contributed by atoms with van der Waals surface area (Å²) in [6.07, 6.45) is 6.36. The second-order valence-corrected chi connectivity index (χ2v) is 5.09. The Bertz CT molecular complexity index is 358. The normalized spacial score (nSPS) is 23.8. The molecule has 0 aliphatic heterocycles. The number of hydrogen-bond acceptors (Lipinski definition) is 1. The topological polar surface area (TPSA) is 37.3 Å². The van der Waals surface area contributed by atoms with Gasteiger partial charge in [-0.25, -0.2) is 0 Å². The molecule has 0 aromatic heterocycles. The fourth-order valence-corrected chi connectivity index (χ4v) is 2.80. The van der Waals surface area contributed by atoms with Crippen molar-refractivity contribution in [2.45, 2.75) is 38.5 Å². The van der Waals surface area contributed by atoms with Crippen LogP contribution in [0, 0.1) is 11.8 Å². The molecule has 1 N–H and O–H groups in total. The minimum atomic E-state index is -0.601. The van der Waals surface area contributed by atoms with Crippen molar-refractivity contribution >= 4 is 5.97 Å². The lowest BCUT2D eigenvalue weighted by Gasteiger charge is -2.09. The number of carbonyl (C=O) groups is 1. The Morgan fingerprint density at radius 1 is 1.24 bits per heavy atom. The van der Waals surface area contributed by atoms with Gasteiger partial charge in [-0.15, -0.1) is 0 Å². The fourth-order valence-electron chi connectivity index (χ4n) is 2.80. The molecule has 17 heavy (non-hydrogen) atoms. The van der Waals surface area contributed by atoms with Crippen molar-refractivity contribution in [2.75, 3.05) is 0 Å². The van der Waals surface area contributed by atoms with E-state index in [0.29, 0.717) is 5.92 Å². The molecule has 0 saturated heterocycles. The molecule has 2 atom stereocenters. The van der Waals surface area contributed by atoms with Crippen LogP contribution in [0.15, 0.2) is 30.3 Å². The van der Waals surface area contributed by atoms with Crippen molar-refractivity contribution in [2.24, 2.45) is 11.8 Å². The third-order valence-corrected chi connectivity index (χ3v) is 3.81. The molecule has 1 aromatic carbocycles. The van der Waals surface area contributed by atoms with E-state index < -0.39 is 5.97 Å². The number of aliphatic carboxylic acids is 1. The third-order valence-electron chi connectivity index (χ3n) is 3.81. The molecule has 2 unspecified atom stereocenters. The first-order valence-electron chi connectivity index (χ1n) is 6.52. The highest BCUT2D eigenvalue weighted by molar-refractivity contribution is 5.70. The average Bonchev–Trinajstić information content (AvgIpc) is 2.79. The quantitative estimate of drug-likeness (QED) is 0.843. The number of carboxylic acids is 1. The molecule has 0 spiro atoms. The molecule has 0 bridgehead atoms. The van der Waals surface area contributed by atoms with Gasteiger partial charge in [0.1, 0.15) is 0 Å². The fraction of sp³-hybridized carbons (Fsp3) is 0.533. The van der Waals surface area contributed by atoms with Crippen LogP contribution in [-0.2, 0) is 11.2 Å². The molecule has 2 heteroatoms. The zero-order chi connectivity index (χ0) is 12.1. The minimum absolute atomic E-state index is 0.0725. The van der Waals surface area contributed by atoms with Crippen LogP contribution in [0.2, 0.25) is 0 Å². The second-order valence-electron chi connectivity index (χ2n) is 5.09. The van der Waals surface area contributed by atoms with E-state index >= 15 is 0 Å². The Labute approximate surface area is 103 Å². The largest absolute Gasteiger partial charge is 0.481 e. The zero-order valence-electron chi connectivity index (χ0n) is 10.1. The molecule has 0 heterocycles. The van der Waals surface area contributed by atoms with Crippen LogP contribution in [0.25, 0.3) is 0 Å². The summed E-state index contributed by atoms with van der Waals surface area (Å²) in [5.74, 6) is -0.0351. The van der Waals surface area contributed by atoms with Crippen molar-refractivity contribution in [1.29, 1.82) is 0 Å². The van der Waals surface area contributed by atoms with Gasteiger partial charge in [0.05, 0.1) is 5.92 Å². The van der Waals surface area contributed by atoms with Crippen LogP contribution in [0.3, 0.4) is 0 Å². The average molecular weight is 232 g/mol. The van der Waals surface area contributed by atoms with Crippen LogP contribution in [0.1, 0.15) is 37.7 Å². The number of carboxylic acid groups (broad SMARTS) is 1. The Morgan fingerprint density at radius 2 is 2.00 bits per heavy atom. The van der Waals surface area contributed by atoms with Gasteiger partial charge in [0, 0.05) is 0 Å². The van der Waals surface area contributed by atoms with Crippen molar-refractivity contribution < 1.29 is 9.90 Å². The van der Waals surface area contributed by atoms with Gasteiger partial charge in [0.15, 0.2) is 0 Å². The smallest absolute Gasteiger partial charge is 0.306 e. The maximum Gasteiger partial charge on any atom is 0.306 e. The summed E-state index contributed by atoms with van der Waals surface area (Å²) in [7, 11) is 0. The molecule has 1 aliphatic rings. The van der Waals surface area contributed by atoms with Gasteiger partial charge in [-0.1, -0.05) is 36.8 Å². The van der Waals surface area contributed by atoms with E-state index in [1.54, 1.807) is 0 Å². The van der Waals surface area contributed by atoms with Crippen LogP contribution >= 0.6 is 0 Å². The summed E-state index contributed by atoms with van der Waals surface area (Å²) in [4.78, 5) is 10.8. The summed E-state index contributed by atoms with van der Waals surface area (Å²) in [5.41, 5.74) is 1.39. The number of rotatable bonds is 5. The summed E-state index contributed by atoms with van der Waals surface area (Å²) >= 11 is 0. The monoisotopic (exact) mass is 232 g/mol. The first-order valence-corrected chi connectivity index (χ1v) is 6.52. The van der Waals surface area contributed by atoms with Crippen LogP contribution < -0.4 is 0 Å². The Kier molecular flexibility index (Phi) is 4.18. The van der Waals surface area contributed by atoms with E-state index in [2.05, 4.69) is 24.3 Å². The molecule has 1 aliphatic carbocycles. The highest BCUT2D eigenvalue weighted by atomic mass is 16.4. The maximum atomic E-state index is 10.8. The lowest BCUT2D eigenvalue weighted by molar-refractivity contribution is -0.141. The molecule has 0 amide bonds. The lowest BCUT2D eigenvalue weighted by atomic mass is 9.97. The molecule has 2 nitrogen and oxygen atoms in total. The molecule has 1 saturated carbocycles. The van der Waals surface area contributed by atoms with E-state index in [9.17, 15) is 4.79 Å². The van der Waals surface area contributed by atoms with Gasteiger partial charge in [-0.05, 0) is 43.6 Å². The molecular formula is C15H20O2. The predicted molar refractivity (Wildman–Crippen MR) is 67.8 cm³/mol. The van der Waals surface area contributed by atoms with Crippen LogP contribution in [-0.4, -0.2) is 11.1 Å². The SMILES string of the molecule is O=C(O)C1CCC(CCCc2ccccc2)C1. The summed E-state index contributed by atoms with van der Waals surface area (Å²) in [5, 5.41) is 8.93. The van der Waals surface area contributed by atoms with Crippen molar-refractivity contribution in [3.05, 3.63) is 35.9 Å². The molecule has 92 valence electrons. The van der Waals surface area contributed by atoms with E-state index in [4.69, 9.17) is 5.11 Å². The van der Waals surface area contributed by atoms with Gasteiger partial charge in [0.2, 0.25) is 0 Å². The van der Waals surface area contributed by atoms with Gasteiger partial charge in [-0.3, -0.25) is 4.79 Å². The Morgan fingerprint density at radius 3 is 2.65 bits per heavy atom. The van der Waals surface area contributed by atoms with E-state index in [1.807, 2.05) is 6.07 Å². The lowest BCUT2D eigenvalue weighted by Crippen LogP contribution is -2.09. The predicted octanol–water partition coefficient (Wildman–Crippen LogP) is 3.51. The molecule has 1 fully saturated rings. The van der Waals surface area contributed by atoms with E-state index in [1.165, 1.54) is 18.4 Å². The van der Waals surface area contributed by atoms with Gasteiger partial charge < -0.3 is 5.11 Å². The molecule has 1 aromatic rings. The van der Waals surface area contributed by atoms with E-state index in [-0.39, 0.29) is 5.92 Å². The second kappa shape index (κ2) is 5.85. The standard InChI is InChI=1S/C15H20O2/c16-15(17)14-10-9-13(11-14)8-4-7-12-5-2-1-3-6-12/h1-3,5-6,13-14H,4,7-11H2,(H,16,17). The summed E-state index contributed by atoms with van der Waals surface area (Å²) in [6, 6.07) is 10.5. The first kappa shape index (κ1) is 12.2. The minimum Gasteiger partial charge on any atom is -0.481 e. The highest BCUT2D eigenvalue weighted by Gasteiger charge is 2.28. The van der Waals surface area contributed by atoms with Gasteiger partial charge >= 0.3 is 5.97 Å². The highest BCUT2D eigenvalue weighted by Crippen LogP contribution is 2.34. The van der Waals surface area contributed by atoms with E-state index in [0.717, 1.165) is 25.7 Å². The third kappa shape index (κ3) is 3.58. The first-order chi connectivity index (χ1) is 8.25. The van der Waals surface area contributed by atoms with Gasteiger partial charge in [-0.2, -0.15) is 0 Å². The zero-order valence-corrected chi connectivity index (χ0v) is 10.1. The van der Waals surface area contributed by atoms with Gasteiger partial charge in [0.25, 0.3) is 0 Å².